The number of azide groups is 1. The topological polar surface area (TPSA) is 48.8 Å². The number of hydrogen-bond donors (Lipinski definition) is 0. The monoisotopic (exact) mass is 349 g/mol. The summed E-state index contributed by atoms with van der Waals surface area (Å²) >= 11 is 0. The first-order valence-corrected chi connectivity index (χ1v) is 8.68. The summed E-state index contributed by atoms with van der Waals surface area (Å²) in [5, 5.41) is 3.74. The van der Waals surface area contributed by atoms with E-state index in [0.717, 1.165) is 27.8 Å². The minimum atomic E-state index is 0.591. The van der Waals surface area contributed by atoms with E-state index in [1.807, 2.05) is 67.6 Å². The van der Waals surface area contributed by atoms with Crippen LogP contribution in [-0.2, 0) is 0 Å². The summed E-state index contributed by atoms with van der Waals surface area (Å²) in [5.41, 5.74) is 17.9. The van der Waals surface area contributed by atoms with Crippen molar-refractivity contribution in [1.29, 1.82) is 0 Å². The first-order chi connectivity index (χ1) is 13.3. The third-order valence-corrected chi connectivity index (χ3v) is 4.13. The van der Waals surface area contributed by atoms with E-state index < -0.39 is 0 Å². The molecule has 3 rings (SSSR count). The molecule has 27 heavy (non-hydrogen) atoms. The van der Waals surface area contributed by atoms with Gasteiger partial charge in [-0.15, -0.1) is 5.73 Å². The molecule has 0 bridgehead atoms. The first kappa shape index (κ1) is 18.0. The number of benzene rings is 3. The fourth-order valence-electron chi connectivity index (χ4n) is 2.75. The van der Waals surface area contributed by atoms with Crippen LogP contribution in [0.15, 0.2) is 101 Å². The minimum absolute atomic E-state index is 0.591. The molecule has 0 heterocycles. The van der Waals surface area contributed by atoms with Gasteiger partial charge in [-0.05, 0) is 52.4 Å². The maximum absolute atomic E-state index is 8.73. The van der Waals surface area contributed by atoms with Gasteiger partial charge in [0.2, 0.25) is 0 Å². The van der Waals surface area contributed by atoms with Crippen LogP contribution in [-0.4, -0.2) is 0 Å². The van der Waals surface area contributed by atoms with Crippen molar-refractivity contribution >= 4 is 23.4 Å². The summed E-state index contributed by atoms with van der Waals surface area (Å²) in [5.74, 6) is 0. The highest BCUT2D eigenvalue weighted by molar-refractivity contribution is 5.91. The Balaban J connectivity index is 2.09. The molecule has 0 amide bonds. The fraction of sp³-hybridized carbons (Fsp3) is 0.0417. The smallest absolute Gasteiger partial charge is 0.0453 e. The average Bonchev–Trinajstić information content (AvgIpc) is 2.73. The Morgan fingerprint density at radius 1 is 0.889 bits per heavy atom. The summed E-state index contributed by atoms with van der Waals surface area (Å²) in [6.45, 7) is 2.04. The lowest BCUT2D eigenvalue weighted by atomic mass is 9.96. The molecule has 3 nitrogen and oxygen atoms in total. The zero-order valence-corrected chi connectivity index (χ0v) is 15.1. The van der Waals surface area contributed by atoms with E-state index in [1.165, 1.54) is 0 Å². The van der Waals surface area contributed by atoms with Crippen LogP contribution in [0.3, 0.4) is 0 Å². The van der Waals surface area contributed by atoms with Crippen molar-refractivity contribution in [3.8, 4) is 0 Å². The highest BCUT2D eigenvalue weighted by Crippen LogP contribution is 2.26. The normalized spacial score (nSPS) is 10.5. The van der Waals surface area contributed by atoms with Gasteiger partial charge in [0.25, 0.3) is 0 Å². The second kappa shape index (κ2) is 9.07. The molecule has 0 unspecified atom stereocenters. The summed E-state index contributed by atoms with van der Waals surface area (Å²) < 4.78 is 0. The molecular formula is C24H19N3. The fourth-order valence-corrected chi connectivity index (χ4v) is 2.75. The number of allylic oxidation sites excluding steroid dienone is 2. The first-order valence-electron chi connectivity index (χ1n) is 8.68. The lowest BCUT2D eigenvalue weighted by Gasteiger charge is -2.07. The predicted molar refractivity (Wildman–Crippen MR) is 113 cm³/mol. The molecule has 0 aliphatic rings. The average molecular weight is 349 g/mol. The van der Waals surface area contributed by atoms with Crippen LogP contribution in [0.5, 0.6) is 0 Å². The van der Waals surface area contributed by atoms with Gasteiger partial charge in [-0.2, -0.15) is 0 Å². The Bertz CT molecular complexity index is 1050. The van der Waals surface area contributed by atoms with Crippen molar-refractivity contribution in [2.24, 2.45) is 5.11 Å². The SMILES string of the molecule is CC(=C=Cc1ccccc1N=[N+]=[N-])/C(=C\c1ccccc1)c1ccccc1. The lowest BCUT2D eigenvalue weighted by molar-refractivity contribution is 1.46. The maximum Gasteiger partial charge on any atom is 0.0453 e. The Kier molecular flexibility index (Phi) is 6.06. The highest BCUT2D eigenvalue weighted by atomic mass is 15.1. The van der Waals surface area contributed by atoms with E-state index in [1.54, 1.807) is 6.07 Å². The van der Waals surface area contributed by atoms with Gasteiger partial charge in [-0.25, -0.2) is 0 Å². The largest absolute Gasteiger partial charge is 0.116 e. The molecule has 3 aromatic carbocycles. The van der Waals surface area contributed by atoms with E-state index in [9.17, 15) is 0 Å². The van der Waals surface area contributed by atoms with Crippen molar-refractivity contribution in [2.45, 2.75) is 6.92 Å². The van der Waals surface area contributed by atoms with Crippen molar-refractivity contribution < 1.29 is 0 Å². The zero-order chi connectivity index (χ0) is 18.9. The molecule has 0 N–H and O–H groups in total. The summed E-state index contributed by atoms with van der Waals surface area (Å²) in [6.07, 6.45) is 4.02. The predicted octanol–water partition coefficient (Wildman–Crippen LogP) is 7.43. The van der Waals surface area contributed by atoms with Gasteiger partial charge >= 0.3 is 0 Å². The van der Waals surface area contributed by atoms with Gasteiger partial charge in [-0.1, -0.05) is 90.0 Å². The minimum Gasteiger partial charge on any atom is -0.116 e. The Labute approximate surface area is 159 Å². The number of rotatable bonds is 5. The Morgan fingerprint density at radius 3 is 2.22 bits per heavy atom. The molecule has 0 saturated heterocycles. The van der Waals surface area contributed by atoms with Crippen LogP contribution in [0.2, 0.25) is 0 Å². The highest BCUT2D eigenvalue weighted by Gasteiger charge is 2.04. The van der Waals surface area contributed by atoms with Crippen LogP contribution in [0.25, 0.3) is 28.2 Å². The van der Waals surface area contributed by atoms with Gasteiger partial charge in [0.05, 0.1) is 0 Å². The van der Waals surface area contributed by atoms with Crippen molar-refractivity contribution in [3.63, 3.8) is 0 Å². The second-order valence-corrected chi connectivity index (χ2v) is 6.00. The molecule has 0 spiro atoms. The van der Waals surface area contributed by atoms with Crippen molar-refractivity contribution in [2.75, 3.05) is 0 Å². The molecule has 3 aromatic rings. The van der Waals surface area contributed by atoms with Crippen LogP contribution in [0.4, 0.5) is 5.69 Å². The summed E-state index contributed by atoms with van der Waals surface area (Å²) in [7, 11) is 0. The quantitative estimate of drug-likeness (QED) is 0.115. The van der Waals surface area contributed by atoms with E-state index >= 15 is 0 Å². The van der Waals surface area contributed by atoms with Crippen molar-refractivity contribution in [3.05, 3.63) is 123 Å². The molecule has 3 heteroatoms. The number of hydrogen-bond acceptors (Lipinski definition) is 1. The van der Waals surface area contributed by atoms with Gasteiger partial charge in [-0.3, -0.25) is 0 Å². The van der Waals surface area contributed by atoms with Gasteiger partial charge in [0.15, 0.2) is 0 Å². The molecule has 0 saturated carbocycles. The molecule has 0 aromatic heterocycles. The van der Waals surface area contributed by atoms with Crippen molar-refractivity contribution in [1.82, 2.24) is 0 Å². The molecular weight excluding hydrogens is 330 g/mol. The molecule has 0 aliphatic heterocycles. The van der Waals surface area contributed by atoms with Gasteiger partial charge < -0.3 is 0 Å². The maximum atomic E-state index is 8.73. The third-order valence-electron chi connectivity index (χ3n) is 4.13. The van der Waals surface area contributed by atoms with Crippen LogP contribution in [0, 0.1) is 0 Å². The molecule has 0 atom stereocenters. The molecule has 130 valence electrons. The van der Waals surface area contributed by atoms with Gasteiger partial charge in [0, 0.05) is 10.6 Å². The lowest BCUT2D eigenvalue weighted by Crippen LogP contribution is -1.86. The van der Waals surface area contributed by atoms with Crippen LogP contribution in [0.1, 0.15) is 23.6 Å². The van der Waals surface area contributed by atoms with Crippen LogP contribution >= 0.6 is 0 Å². The summed E-state index contributed by atoms with van der Waals surface area (Å²) in [6, 6.07) is 27.9. The van der Waals surface area contributed by atoms with E-state index in [0.29, 0.717) is 5.69 Å². The summed E-state index contributed by atoms with van der Waals surface area (Å²) in [4.78, 5) is 2.89. The Hall–Kier alpha value is -3.77. The van der Waals surface area contributed by atoms with E-state index in [-0.39, 0.29) is 0 Å². The number of nitrogens with zero attached hydrogens (tertiary/aromatic N) is 3. The van der Waals surface area contributed by atoms with Crippen LogP contribution < -0.4 is 0 Å². The van der Waals surface area contributed by atoms with Gasteiger partial charge in [0.1, 0.15) is 0 Å². The Morgan fingerprint density at radius 2 is 1.52 bits per heavy atom. The third kappa shape index (κ3) is 4.87. The second-order valence-electron chi connectivity index (χ2n) is 6.00. The van der Waals surface area contributed by atoms with E-state index in [2.05, 4.69) is 46.1 Å². The standard InChI is InChI=1S/C24H19N3/c1-19(16-17-22-14-8-9-15-24(22)26-27-25)23(21-12-6-3-7-13-21)18-20-10-4-2-5-11-20/h2-15,17-18H,1H3/b23-18+. The molecule has 0 fully saturated rings. The van der Waals surface area contributed by atoms with E-state index in [4.69, 9.17) is 5.53 Å². The molecule has 0 radical (unpaired) electrons. The molecule has 0 aliphatic carbocycles. The zero-order valence-electron chi connectivity index (χ0n) is 15.1.